The molecule has 11 aromatic rings. The molecule has 0 atom stereocenters. The standard InChI is InChI=1S/C58H38N4/c1-5-17-48-39(11-1)15-9-19-50(48)45-33-52(51-20-10-16-40-12-2-6-18-49(40)51)57-53(34-45)56(41-27-23-37(24-28-41)46-31-43-13-3-7-21-54(43)59-35-46)61-58(62-57)42-29-25-38(26-30-42)47-32-44-14-4-8-22-55(44)60-36-47/h1-3,5-13,15-36H,4,14H2. The van der Waals surface area contributed by atoms with Crippen LogP contribution >= 0.6 is 0 Å². The van der Waals surface area contributed by atoms with E-state index in [1.807, 2.05) is 18.5 Å². The molecule has 0 N–H and O–H groups in total. The second kappa shape index (κ2) is 14.9. The van der Waals surface area contributed by atoms with E-state index in [-0.39, 0.29) is 0 Å². The van der Waals surface area contributed by atoms with Crippen LogP contribution in [0, 0.1) is 0 Å². The summed E-state index contributed by atoms with van der Waals surface area (Å²) in [5, 5.41) is 6.89. The molecule has 0 bridgehead atoms. The van der Waals surface area contributed by atoms with Crippen molar-refractivity contribution in [1.29, 1.82) is 0 Å². The molecule has 3 heterocycles. The summed E-state index contributed by atoms with van der Waals surface area (Å²) >= 11 is 0. The summed E-state index contributed by atoms with van der Waals surface area (Å²) in [5.41, 5.74) is 16.0. The van der Waals surface area contributed by atoms with E-state index < -0.39 is 0 Å². The highest BCUT2D eigenvalue weighted by atomic mass is 14.9. The first-order chi connectivity index (χ1) is 30.7. The van der Waals surface area contributed by atoms with Gasteiger partial charge in [0.1, 0.15) is 0 Å². The fraction of sp³-hybridized carbons (Fsp3) is 0.0345. The lowest BCUT2D eigenvalue weighted by molar-refractivity contribution is 0.965. The predicted molar refractivity (Wildman–Crippen MR) is 258 cm³/mol. The highest BCUT2D eigenvalue weighted by Crippen LogP contribution is 2.42. The average molecular weight is 791 g/mol. The number of pyridine rings is 2. The topological polar surface area (TPSA) is 51.6 Å². The number of nitrogens with zero attached hydrogens (tertiary/aromatic N) is 4. The van der Waals surface area contributed by atoms with Crippen LogP contribution in [0.3, 0.4) is 0 Å². The number of allylic oxidation sites excluding steroid dienone is 1. The molecule has 0 saturated carbocycles. The Balaban J connectivity index is 1.08. The second-order valence-electron chi connectivity index (χ2n) is 16.2. The maximum absolute atomic E-state index is 5.53. The molecule has 0 unspecified atom stereocenters. The predicted octanol–water partition coefficient (Wildman–Crippen LogP) is 14.8. The summed E-state index contributed by atoms with van der Waals surface area (Å²) in [7, 11) is 0. The molecule has 4 heteroatoms. The Morgan fingerprint density at radius 2 is 1.00 bits per heavy atom. The molecular weight excluding hydrogens is 753 g/mol. The van der Waals surface area contributed by atoms with Crippen LogP contribution in [0.5, 0.6) is 0 Å². The summed E-state index contributed by atoms with van der Waals surface area (Å²) in [6.07, 6.45) is 10.3. The molecule has 4 nitrogen and oxygen atoms in total. The molecule has 0 saturated heterocycles. The smallest absolute Gasteiger partial charge is 0.160 e. The third-order valence-electron chi connectivity index (χ3n) is 12.4. The zero-order chi connectivity index (χ0) is 41.0. The Morgan fingerprint density at radius 3 is 1.77 bits per heavy atom. The van der Waals surface area contributed by atoms with Crippen LogP contribution < -0.4 is 0 Å². The van der Waals surface area contributed by atoms with Crippen LogP contribution in [0.15, 0.2) is 200 Å². The lowest BCUT2D eigenvalue weighted by Gasteiger charge is -2.17. The van der Waals surface area contributed by atoms with Gasteiger partial charge in [0.25, 0.3) is 0 Å². The largest absolute Gasteiger partial charge is 0.256 e. The van der Waals surface area contributed by atoms with Crippen LogP contribution in [0.1, 0.15) is 17.7 Å². The summed E-state index contributed by atoms with van der Waals surface area (Å²) in [6, 6.07) is 65.2. The number of rotatable bonds is 6. The van der Waals surface area contributed by atoms with Gasteiger partial charge in [-0.3, -0.25) is 9.97 Å². The SMILES string of the molecule is C1=Cc2ncc(-c3ccc(-c4nc(-c5ccc(-c6cnc7ccccc7c6)cc5)c5cc(-c6cccc7ccccc67)cc(-c6cccc7ccccc67)c5n4)cc3)cc2CC1. The molecule has 0 amide bonds. The number of aromatic nitrogens is 4. The Labute approximate surface area is 359 Å². The van der Waals surface area contributed by atoms with Gasteiger partial charge in [0.2, 0.25) is 0 Å². The number of benzene rings is 8. The van der Waals surface area contributed by atoms with Gasteiger partial charge in [-0.05, 0) is 104 Å². The van der Waals surface area contributed by atoms with Crippen molar-refractivity contribution in [3.8, 4) is 67.2 Å². The van der Waals surface area contributed by atoms with E-state index in [9.17, 15) is 0 Å². The molecule has 0 aliphatic heterocycles. The van der Waals surface area contributed by atoms with Gasteiger partial charge in [-0.1, -0.05) is 158 Å². The van der Waals surface area contributed by atoms with Gasteiger partial charge in [0.05, 0.1) is 22.4 Å². The minimum atomic E-state index is 0.676. The van der Waals surface area contributed by atoms with Crippen molar-refractivity contribution in [2.45, 2.75) is 12.8 Å². The van der Waals surface area contributed by atoms with Crippen molar-refractivity contribution >= 4 is 49.4 Å². The van der Waals surface area contributed by atoms with Crippen molar-refractivity contribution in [3.63, 3.8) is 0 Å². The van der Waals surface area contributed by atoms with Crippen LogP contribution in [0.25, 0.3) is 117 Å². The molecule has 0 radical (unpaired) electrons. The minimum Gasteiger partial charge on any atom is -0.256 e. The quantitative estimate of drug-likeness (QED) is 0.168. The fourth-order valence-electron chi connectivity index (χ4n) is 9.20. The lowest BCUT2D eigenvalue weighted by Crippen LogP contribution is -1.99. The fourth-order valence-corrected chi connectivity index (χ4v) is 9.20. The van der Waals surface area contributed by atoms with Crippen molar-refractivity contribution < 1.29 is 0 Å². The molecule has 290 valence electrons. The number of fused-ring (bicyclic) bond motifs is 5. The zero-order valence-electron chi connectivity index (χ0n) is 33.8. The van der Waals surface area contributed by atoms with Crippen LogP contribution in [0.2, 0.25) is 0 Å². The number of para-hydroxylation sites is 1. The highest BCUT2D eigenvalue weighted by molar-refractivity contribution is 6.10. The first-order valence-corrected chi connectivity index (χ1v) is 21.2. The summed E-state index contributed by atoms with van der Waals surface area (Å²) in [4.78, 5) is 20.6. The zero-order valence-corrected chi connectivity index (χ0v) is 33.8. The van der Waals surface area contributed by atoms with E-state index >= 15 is 0 Å². The molecular formula is C58H38N4. The summed E-state index contributed by atoms with van der Waals surface area (Å²) in [6.45, 7) is 0. The van der Waals surface area contributed by atoms with Gasteiger partial charge in [-0.2, -0.15) is 0 Å². The van der Waals surface area contributed by atoms with Crippen LogP contribution in [-0.4, -0.2) is 19.9 Å². The van der Waals surface area contributed by atoms with Crippen LogP contribution in [0.4, 0.5) is 0 Å². The van der Waals surface area contributed by atoms with Crippen molar-refractivity contribution in [3.05, 3.63) is 212 Å². The molecule has 0 spiro atoms. The average Bonchev–Trinajstić information content (AvgIpc) is 3.35. The number of hydrogen-bond acceptors (Lipinski definition) is 4. The Kier molecular flexibility index (Phi) is 8.60. The Hall–Kier alpha value is -8.08. The number of hydrogen-bond donors (Lipinski definition) is 0. The first-order valence-electron chi connectivity index (χ1n) is 21.2. The van der Waals surface area contributed by atoms with E-state index in [0.717, 1.165) is 96.1 Å². The maximum atomic E-state index is 5.53. The monoisotopic (exact) mass is 790 g/mol. The molecule has 8 aromatic carbocycles. The highest BCUT2D eigenvalue weighted by Gasteiger charge is 2.20. The van der Waals surface area contributed by atoms with Gasteiger partial charge in [0.15, 0.2) is 5.82 Å². The number of aryl methyl sites for hydroxylation is 1. The van der Waals surface area contributed by atoms with E-state index in [2.05, 4.69) is 188 Å². The van der Waals surface area contributed by atoms with Gasteiger partial charge >= 0.3 is 0 Å². The molecule has 3 aromatic heterocycles. The van der Waals surface area contributed by atoms with Crippen LogP contribution in [-0.2, 0) is 6.42 Å². The first kappa shape index (κ1) is 35.8. The molecule has 1 aliphatic rings. The van der Waals surface area contributed by atoms with Gasteiger partial charge in [-0.15, -0.1) is 0 Å². The lowest BCUT2D eigenvalue weighted by atomic mass is 9.90. The van der Waals surface area contributed by atoms with E-state index in [0.29, 0.717) is 5.82 Å². The molecule has 12 rings (SSSR count). The third kappa shape index (κ3) is 6.32. The summed E-state index contributed by atoms with van der Waals surface area (Å²) in [5.74, 6) is 0.676. The van der Waals surface area contributed by atoms with Gasteiger partial charge in [0, 0.05) is 51.0 Å². The Bertz CT molecular complexity index is 3560. The van der Waals surface area contributed by atoms with E-state index in [1.165, 1.54) is 32.7 Å². The summed E-state index contributed by atoms with van der Waals surface area (Å²) < 4.78 is 0. The van der Waals surface area contributed by atoms with E-state index in [1.54, 1.807) is 0 Å². The van der Waals surface area contributed by atoms with Crippen molar-refractivity contribution in [2.75, 3.05) is 0 Å². The Morgan fingerprint density at radius 1 is 0.387 bits per heavy atom. The minimum absolute atomic E-state index is 0.676. The second-order valence-corrected chi connectivity index (χ2v) is 16.2. The van der Waals surface area contributed by atoms with Crippen molar-refractivity contribution in [1.82, 2.24) is 19.9 Å². The molecule has 1 aliphatic carbocycles. The third-order valence-corrected chi connectivity index (χ3v) is 12.4. The molecule has 0 fully saturated rings. The van der Waals surface area contributed by atoms with Gasteiger partial charge in [-0.25, -0.2) is 9.97 Å². The van der Waals surface area contributed by atoms with E-state index in [4.69, 9.17) is 19.9 Å². The maximum Gasteiger partial charge on any atom is 0.160 e. The normalized spacial score (nSPS) is 12.3. The van der Waals surface area contributed by atoms with Gasteiger partial charge < -0.3 is 0 Å². The van der Waals surface area contributed by atoms with Crippen molar-refractivity contribution in [2.24, 2.45) is 0 Å². The molecule has 62 heavy (non-hydrogen) atoms.